The molecule has 3 heteroatoms. The molecular formula is C16H28N2S. The second-order valence-corrected chi connectivity index (χ2v) is 7.25. The zero-order chi connectivity index (χ0) is 13.8. The third-order valence-corrected chi connectivity index (χ3v) is 5.39. The maximum Gasteiger partial charge on any atom is 0.0332 e. The lowest BCUT2D eigenvalue weighted by atomic mass is 9.92. The molecule has 0 aliphatic carbocycles. The van der Waals surface area contributed by atoms with Crippen molar-refractivity contribution in [2.24, 2.45) is 11.8 Å². The van der Waals surface area contributed by atoms with Crippen molar-refractivity contribution in [1.29, 1.82) is 0 Å². The molecule has 0 amide bonds. The van der Waals surface area contributed by atoms with Gasteiger partial charge in [0.1, 0.15) is 0 Å². The van der Waals surface area contributed by atoms with Gasteiger partial charge in [0.05, 0.1) is 0 Å². The Morgan fingerprint density at radius 3 is 2.79 bits per heavy atom. The molecule has 0 aromatic carbocycles. The van der Waals surface area contributed by atoms with Crippen LogP contribution in [-0.2, 0) is 6.54 Å². The number of hydrogen-bond donors (Lipinski definition) is 1. The minimum atomic E-state index is 0.653. The zero-order valence-corrected chi connectivity index (χ0v) is 13.5. The van der Waals surface area contributed by atoms with E-state index < -0.39 is 0 Å². The second-order valence-electron chi connectivity index (χ2n) is 6.22. The van der Waals surface area contributed by atoms with Crippen molar-refractivity contribution in [3.63, 3.8) is 0 Å². The van der Waals surface area contributed by atoms with Gasteiger partial charge in [-0.2, -0.15) is 0 Å². The Hall–Kier alpha value is -0.380. The van der Waals surface area contributed by atoms with Crippen molar-refractivity contribution in [1.82, 2.24) is 10.2 Å². The molecule has 1 aliphatic rings. The number of nitrogens with one attached hydrogen (secondary N) is 1. The van der Waals surface area contributed by atoms with Crippen molar-refractivity contribution in [3.05, 3.63) is 22.4 Å². The quantitative estimate of drug-likeness (QED) is 0.886. The first-order valence-corrected chi connectivity index (χ1v) is 8.49. The van der Waals surface area contributed by atoms with Gasteiger partial charge in [-0.05, 0) is 23.3 Å². The summed E-state index contributed by atoms with van der Waals surface area (Å²) in [5, 5.41) is 5.96. The second kappa shape index (κ2) is 6.87. The van der Waals surface area contributed by atoms with Crippen LogP contribution in [0.15, 0.2) is 17.5 Å². The van der Waals surface area contributed by atoms with E-state index in [1.807, 2.05) is 11.3 Å². The first-order valence-electron chi connectivity index (χ1n) is 7.61. The van der Waals surface area contributed by atoms with Crippen LogP contribution in [0.25, 0.3) is 0 Å². The number of hydrogen-bond acceptors (Lipinski definition) is 3. The highest BCUT2D eigenvalue weighted by molar-refractivity contribution is 7.09. The van der Waals surface area contributed by atoms with Gasteiger partial charge < -0.3 is 5.32 Å². The molecule has 0 bridgehead atoms. The van der Waals surface area contributed by atoms with Crippen LogP contribution in [0.2, 0.25) is 0 Å². The molecule has 1 aliphatic heterocycles. The fourth-order valence-corrected chi connectivity index (χ4v) is 3.69. The average molecular weight is 280 g/mol. The lowest BCUT2D eigenvalue weighted by Gasteiger charge is -2.44. The minimum Gasteiger partial charge on any atom is -0.311 e. The molecule has 1 aromatic heterocycles. The summed E-state index contributed by atoms with van der Waals surface area (Å²) >= 11 is 1.88. The highest BCUT2D eigenvalue weighted by Crippen LogP contribution is 2.23. The van der Waals surface area contributed by atoms with Gasteiger partial charge in [-0.25, -0.2) is 0 Å². The first-order chi connectivity index (χ1) is 9.11. The molecule has 19 heavy (non-hydrogen) atoms. The van der Waals surface area contributed by atoms with Gasteiger partial charge in [0.15, 0.2) is 0 Å². The van der Waals surface area contributed by atoms with E-state index in [1.165, 1.54) is 17.8 Å². The molecule has 1 N–H and O–H groups in total. The standard InChI is InChI=1S/C16H28N2S/c1-5-13(4)15-11-18(10-14-7-6-8-19-14)16(9-17-15)12(2)3/h6-8,12-13,15-17H,5,9-11H2,1-4H3. The van der Waals surface area contributed by atoms with Gasteiger partial charge in [-0.15, -0.1) is 11.3 Å². The predicted octanol–water partition coefficient (Wildman–Crippen LogP) is 3.59. The summed E-state index contributed by atoms with van der Waals surface area (Å²) in [7, 11) is 0. The molecule has 2 rings (SSSR count). The SMILES string of the molecule is CCC(C)C1CN(Cc2cccs2)C(C(C)C)CN1. The molecule has 0 saturated carbocycles. The Kier molecular flexibility index (Phi) is 5.43. The summed E-state index contributed by atoms with van der Waals surface area (Å²) in [6.45, 7) is 12.8. The number of thiophene rings is 1. The van der Waals surface area contributed by atoms with Gasteiger partial charge in [0, 0.05) is 36.6 Å². The Morgan fingerprint density at radius 2 is 2.21 bits per heavy atom. The van der Waals surface area contributed by atoms with Crippen LogP contribution in [0.3, 0.4) is 0 Å². The Morgan fingerprint density at radius 1 is 1.42 bits per heavy atom. The van der Waals surface area contributed by atoms with E-state index in [-0.39, 0.29) is 0 Å². The molecule has 2 nitrogen and oxygen atoms in total. The summed E-state index contributed by atoms with van der Waals surface area (Å²) in [5.41, 5.74) is 0. The van der Waals surface area contributed by atoms with E-state index in [1.54, 1.807) is 0 Å². The minimum absolute atomic E-state index is 0.653. The van der Waals surface area contributed by atoms with Gasteiger partial charge >= 0.3 is 0 Å². The normalized spacial score (nSPS) is 26.8. The molecule has 0 spiro atoms. The van der Waals surface area contributed by atoms with Crippen LogP contribution in [0.4, 0.5) is 0 Å². The largest absolute Gasteiger partial charge is 0.311 e. The molecule has 3 unspecified atom stereocenters. The number of piperazine rings is 1. The van der Waals surface area contributed by atoms with Crippen molar-refractivity contribution in [2.45, 2.75) is 52.7 Å². The summed E-state index contributed by atoms with van der Waals surface area (Å²) < 4.78 is 0. The van der Waals surface area contributed by atoms with E-state index >= 15 is 0 Å². The van der Waals surface area contributed by atoms with Gasteiger partial charge in [0.2, 0.25) is 0 Å². The molecule has 108 valence electrons. The summed E-state index contributed by atoms with van der Waals surface area (Å²) in [6.07, 6.45) is 1.26. The molecule has 0 radical (unpaired) electrons. The Labute approximate surface area is 122 Å². The van der Waals surface area contributed by atoms with E-state index in [0.29, 0.717) is 18.0 Å². The average Bonchev–Trinajstić information content (AvgIpc) is 2.90. The maximum atomic E-state index is 3.77. The van der Waals surface area contributed by atoms with E-state index in [2.05, 4.69) is 55.4 Å². The third kappa shape index (κ3) is 3.80. The van der Waals surface area contributed by atoms with E-state index in [9.17, 15) is 0 Å². The van der Waals surface area contributed by atoms with E-state index in [0.717, 1.165) is 19.0 Å². The summed E-state index contributed by atoms with van der Waals surface area (Å²) in [5.74, 6) is 1.48. The zero-order valence-electron chi connectivity index (χ0n) is 12.7. The van der Waals surface area contributed by atoms with Crippen LogP contribution < -0.4 is 5.32 Å². The van der Waals surface area contributed by atoms with Gasteiger partial charge in [-0.3, -0.25) is 4.90 Å². The fraction of sp³-hybridized carbons (Fsp3) is 0.750. The molecule has 1 aromatic rings. The maximum absolute atomic E-state index is 3.77. The number of nitrogens with zero attached hydrogens (tertiary/aromatic N) is 1. The first kappa shape index (κ1) is 15.0. The molecule has 3 atom stereocenters. The molecule has 2 heterocycles. The predicted molar refractivity (Wildman–Crippen MR) is 84.6 cm³/mol. The Balaban J connectivity index is 2.04. The van der Waals surface area contributed by atoms with E-state index in [4.69, 9.17) is 0 Å². The fourth-order valence-electron chi connectivity index (χ4n) is 2.96. The van der Waals surface area contributed by atoms with Crippen molar-refractivity contribution in [2.75, 3.05) is 13.1 Å². The summed E-state index contributed by atoms with van der Waals surface area (Å²) in [4.78, 5) is 4.19. The third-order valence-electron chi connectivity index (χ3n) is 4.53. The molecular weight excluding hydrogens is 252 g/mol. The smallest absolute Gasteiger partial charge is 0.0332 e. The highest BCUT2D eigenvalue weighted by atomic mass is 32.1. The molecule has 1 saturated heterocycles. The highest BCUT2D eigenvalue weighted by Gasteiger charge is 2.31. The summed E-state index contributed by atoms with van der Waals surface area (Å²) in [6, 6.07) is 5.75. The van der Waals surface area contributed by atoms with Crippen LogP contribution in [0.1, 0.15) is 39.0 Å². The topological polar surface area (TPSA) is 15.3 Å². The van der Waals surface area contributed by atoms with Crippen LogP contribution >= 0.6 is 11.3 Å². The van der Waals surface area contributed by atoms with Crippen molar-refractivity contribution in [3.8, 4) is 0 Å². The lowest BCUT2D eigenvalue weighted by Crippen LogP contribution is -2.59. The lowest BCUT2D eigenvalue weighted by molar-refractivity contribution is 0.0762. The van der Waals surface area contributed by atoms with Crippen molar-refractivity contribution >= 4 is 11.3 Å². The van der Waals surface area contributed by atoms with Gasteiger partial charge in [-0.1, -0.05) is 40.2 Å². The Bertz CT molecular complexity index is 361. The molecule has 1 fully saturated rings. The van der Waals surface area contributed by atoms with Crippen LogP contribution in [-0.4, -0.2) is 30.1 Å². The van der Waals surface area contributed by atoms with Crippen LogP contribution in [0, 0.1) is 11.8 Å². The van der Waals surface area contributed by atoms with Crippen molar-refractivity contribution < 1.29 is 0 Å². The van der Waals surface area contributed by atoms with Crippen LogP contribution in [0.5, 0.6) is 0 Å². The monoisotopic (exact) mass is 280 g/mol. The number of rotatable bonds is 5. The van der Waals surface area contributed by atoms with Gasteiger partial charge in [0.25, 0.3) is 0 Å².